The van der Waals surface area contributed by atoms with Gasteiger partial charge in [0, 0.05) is 17.8 Å². The number of amides is 1. The molecule has 2 aromatic heterocycles. The maximum Gasteiger partial charge on any atom is 0.256 e. The van der Waals surface area contributed by atoms with Crippen LogP contribution in [0.5, 0.6) is 11.5 Å². The van der Waals surface area contributed by atoms with Crippen LogP contribution in [0.15, 0.2) is 30.6 Å². The molecule has 2 aliphatic heterocycles. The number of ether oxygens (including phenoxy) is 2. The van der Waals surface area contributed by atoms with Crippen molar-refractivity contribution in [3.05, 3.63) is 47.5 Å². The third-order valence-electron chi connectivity index (χ3n) is 4.69. The van der Waals surface area contributed by atoms with E-state index >= 15 is 0 Å². The highest BCUT2D eigenvalue weighted by Crippen LogP contribution is 2.40. The van der Waals surface area contributed by atoms with Gasteiger partial charge in [0.15, 0.2) is 17.1 Å². The van der Waals surface area contributed by atoms with Crippen molar-refractivity contribution < 1.29 is 18.7 Å². The van der Waals surface area contributed by atoms with E-state index in [0.29, 0.717) is 34.1 Å². The highest BCUT2D eigenvalue weighted by Gasteiger charge is 2.28. The van der Waals surface area contributed by atoms with Gasteiger partial charge in [-0.2, -0.15) is 5.10 Å². The topological polar surface area (TPSA) is 89.8 Å². The highest BCUT2D eigenvalue weighted by molar-refractivity contribution is 5.99. The van der Waals surface area contributed by atoms with Crippen molar-refractivity contribution in [3.8, 4) is 11.5 Å². The molecule has 4 bridgehead atoms. The van der Waals surface area contributed by atoms with E-state index in [9.17, 15) is 9.18 Å². The second-order valence-corrected chi connectivity index (χ2v) is 6.59. The van der Waals surface area contributed by atoms with E-state index in [1.165, 1.54) is 22.8 Å². The van der Waals surface area contributed by atoms with Gasteiger partial charge in [0.1, 0.15) is 29.9 Å². The summed E-state index contributed by atoms with van der Waals surface area (Å²) in [5.74, 6) is 0.672. The van der Waals surface area contributed by atoms with E-state index in [1.807, 2.05) is 6.92 Å². The Kier molecular flexibility index (Phi) is 3.43. The lowest BCUT2D eigenvalue weighted by Crippen LogP contribution is -2.41. The SMILES string of the molecule is C[C@H]1Nc2ccn3ncc(c3n2)C(=O)NC[C@@H]2COc3cc(F)cc1c3O2. The number of rotatable bonds is 0. The number of carbonyl (C=O) groups excluding carboxylic acids is 1. The molecule has 8 nitrogen and oxygen atoms in total. The van der Waals surface area contributed by atoms with Gasteiger partial charge >= 0.3 is 0 Å². The molecule has 1 amide bonds. The third kappa shape index (κ3) is 2.62. The molecule has 138 valence electrons. The average Bonchev–Trinajstić information content (AvgIpc) is 3.08. The summed E-state index contributed by atoms with van der Waals surface area (Å²) >= 11 is 0. The van der Waals surface area contributed by atoms with E-state index < -0.39 is 5.82 Å². The van der Waals surface area contributed by atoms with E-state index in [4.69, 9.17) is 9.47 Å². The molecule has 0 saturated carbocycles. The molecular weight excluding hydrogens is 353 g/mol. The number of fused-ring (bicyclic) bond motifs is 2. The Morgan fingerprint density at radius 3 is 3.15 bits per heavy atom. The number of hydrogen-bond acceptors (Lipinski definition) is 6. The van der Waals surface area contributed by atoms with Crippen molar-refractivity contribution in [1.82, 2.24) is 19.9 Å². The van der Waals surface area contributed by atoms with Gasteiger partial charge in [-0.25, -0.2) is 13.9 Å². The summed E-state index contributed by atoms with van der Waals surface area (Å²) in [7, 11) is 0. The third-order valence-corrected chi connectivity index (χ3v) is 4.69. The first-order chi connectivity index (χ1) is 13.1. The Hall–Kier alpha value is -3.36. The molecule has 27 heavy (non-hydrogen) atoms. The van der Waals surface area contributed by atoms with Crippen molar-refractivity contribution in [1.29, 1.82) is 0 Å². The molecule has 3 aromatic rings. The first-order valence-corrected chi connectivity index (χ1v) is 8.60. The van der Waals surface area contributed by atoms with E-state index in [2.05, 4.69) is 20.7 Å². The fraction of sp³-hybridized carbons (Fsp3) is 0.278. The molecule has 0 radical (unpaired) electrons. The van der Waals surface area contributed by atoms with Gasteiger partial charge in [-0.15, -0.1) is 0 Å². The van der Waals surface area contributed by atoms with Crippen molar-refractivity contribution in [2.24, 2.45) is 0 Å². The number of nitrogens with one attached hydrogen (secondary N) is 2. The Morgan fingerprint density at radius 2 is 2.26 bits per heavy atom. The number of hydrogen-bond donors (Lipinski definition) is 2. The minimum absolute atomic E-state index is 0.216. The molecule has 9 heteroatoms. The minimum atomic E-state index is -0.404. The van der Waals surface area contributed by atoms with E-state index in [-0.39, 0.29) is 31.2 Å². The molecule has 5 rings (SSSR count). The molecule has 0 spiro atoms. The normalized spacial score (nSPS) is 21.2. The molecule has 2 aliphatic rings. The lowest BCUT2D eigenvalue weighted by molar-refractivity contribution is 0.0779. The molecule has 0 aliphatic carbocycles. The predicted octanol–water partition coefficient (Wildman–Crippen LogP) is 1.92. The van der Waals surface area contributed by atoms with Gasteiger partial charge in [0.25, 0.3) is 5.91 Å². The van der Waals surface area contributed by atoms with Crippen LogP contribution in [0.25, 0.3) is 5.65 Å². The monoisotopic (exact) mass is 369 g/mol. The second kappa shape index (κ2) is 5.83. The summed E-state index contributed by atoms with van der Waals surface area (Å²) in [6.45, 7) is 2.34. The minimum Gasteiger partial charge on any atom is -0.486 e. The molecular formula is C18H16FN5O3. The zero-order chi connectivity index (χ0) is 18.5. The molecule has 0 saturated heterocycles. The van der Waals surface area contributed by atoms with Crippen LogP contribution in [0.4, 0.5) is 10.2 Å². The average molecular weight is 369 g/mol. The van der Waals surface area contributed by atoms with Gasteiger partial charge < -0.3 is 20.1 Å². The Morgan fingerprint density at radius 1 is 1.37 bits per heavy atom. The first kappa shape index (κ1) is 15.9. The maximum absolute atomic E-state index is 14.1. The second-order valence-electron chi connectivity index (χ2n) is 6.59. The van der Waals surface area contributed by atoms with Crippen LogP contribution in [0.3, 0.4) is 0 Å². The van der Waals surface area contributed by atoms with Gasteiger partial charge in [-0.1, -0.05) is 0 Å². The van der Waals surface area contributed by atoms with Crippen LogP contribution in [0.1, 0.15) is 28.9 Å². The van der Waals surface area contributed by atoms with Crippen LogP contribution >= 0.6 is 0 Å². The molecule has 4 heterocycles. The Bertz CT molecular complexity index is 1070. The Labute approximate surface area is 153 Å². The van der Waals surface area contributed by atoms with Gasteiger partial charge in [-0.3, -0.25) is 4.79 Å². The van der Waals surface area contributed by atoms with Crippen LogP contribution in [0.2, 0.25) is 0 Å². The van der Waals surface area contributed by atoms with Gasteiger partial charge in [0.05, 0.1) is 18.8 Å². The Balaban J connectivity index is 1.65. The molecule has 0 fully saturated rings. The molecule has 0 unspecified atom stereocenters. The van der Waals surface area contributed by atoms with E-state index in [1.54, 1.807) is 12.3 Å². The van der Waals surface area contributed by atoms with Crippen molar-refractivity contribution in [2.75, 3.05) is 18.5 Å². The van der Waals surface area contributed by atoms with Crippen LogP contribution < -0.4 is 20.1 Å². The predicted molar refractivity (Wildman–Crippen MR) is 93.7 cm³/mol. The molecule has 2 atom stereocenters. The number of halogens is 1. The van der Waals surface area contributed by atoms with Gasteiger partial charge in [-0.05, 0) is 19.1 Å². The quantitative estimate of drug-likeness (QED) is 0.629. The smallest absolute Gasteiger partial charge is 0.256 e. The number of anilines is 1. The van der Waals surface area contributed by atoms with Crippen molar-refractivity contribution >= 4 is 17.4 Å². The summed E-state index contributed by atoms with van der Waals surface area (Å²) < 4.78 is 27.3. The van der Waals surface area contributed by atoms with Crippen molar-refractivity contribution in [2.45, 2.75) is 19.1 Å². The van der Waals surface area contributed by atoms with Crippen LogP contribution in [0, 0.1) is 5.82 Å². The summed E-state index contributed by atoms with van der Waals surface area (Å²) in [6.07, 6.45) is 2.80. The van der Waals surface area contributed by atoms with Crippen LogP contribution in [-0.4, -0.2) is 39.8 Å². The maximum atomic E-state index is 14.1. The van der Waals surface area contributed by atoms with Crippen LogP contribution in [-0.2, 0) is 0 Å². The summed E-state index contributed by atoms with van der Waals surface area (Å²) in [5.41, 5.74) is 1.43. The zero-order valence-electron chi connectivity index (χ0n) is 14.4. The fourth-order valence-corrected chi connectivity index (χ4v) is 3.34. The number of nitrogens with zero attached hydrogens (tertiary/aromatic N) is 3. The number of aromatic nitrogens is 3. The first-order valence-electron chi connectivity index (χ1n) is 8.60. The highest BCUT2D eigenvalue weighted by atomic mass is 19.1. The molecule has 1 aromatic carbocycles. The zero-order valence-corrected chi connectivity index (χ0v) is 14.4. The summed E-state index contributed by atoms with van der Waals surface area (Å²) in [5, 5.41) is 10.2. The standard InChI is InChI=1S/C18H16FN5O3/c1-9-12-4-10(19)5-14-16(12)27-11(8-26-14)6-20-18(25)13-7-21-24-3-2-15(22-9)23-17(13)24/h2-5,7,9,11H,6,8H2,1H3,(H,20,25)(H,22,23)/t9-,11-/m1/s1. The summed E-state index contributed by atoms with van der Waals surface area (Å²) in [6, 6.07) is 4.16. The summed E-state index contributed by atoms with van der Waals surface area (Å²) in [4.78, 5) is 17.1. The largest absolute Gasteiger partial charge is 0.486 e. The van der Waals surface area contributed by atoms with E-state index in [0.717, 1.165) is 0 Å². The lowest BCUT2D eigenvalue weighted by Gasteiger charge is -2.30. The van der Waals surface area contributed by atoms with Crippen molar-refractivity contribution in [3.63, 3.8) is 0 Å². The number of carbonyl (C=O) groups is 1. The molecule has 2 N–H and O–H groups in total. The van der Waals surface area contributed by atoms with Gasteiger partial charge in [0.2, 0.25) is 0 Å². The number of benzene rings is 1. The fourth-order valence-electron chi connectivity index (χ4n) is 3.34. The lowest BCUT2D eigenvalue weighted by atomic mass is 10.1.